The number of nitrogens with zero attached hydrogens (tertiary/aromatic N) is 4. The maximum atomic E-state index is 13.6. The fourth-order valence-corrected chi connectivity index (χ4v) is 6.04. The van der Waals surface area contributed by atoms with E-state index in [1.54, 1.807) is 12.1 Å². The maximum absolute atomic E-state index is 13.6. The van der Waals surface area contributed by atoms with Crippen LogP contribution in [0.2, 0.25) is 5.02 Å². The highest BCUT2D eigenvalue weighted by Gasteiger charge is 2.36. The van der Waals surface area contributed by atoms with Gasteiger partial charge in [0.2, 0.25) is 5.95 Å². The second-order valence-corrected chi connectivity index (χ2v) is 11.8. The van der Waals surface area contributed by atoms with Gasteiger partial charge in [0.25, 0.3) is 0 Å². The number of halogens is 4. The molecule has 1 N–H and O–H groups in total. The van der Waals surface area contributed by atoms with E-state index in [0.717, 1.165) is 42.8 Å². The molecule has 0 unspecified atom stereocenters. The average molecular weight is 546 g/mol. The van der Waals surface area contributed by atoms with Crippen LogP contribution in [0.15, 0.2) is 40.7 Å². The zero-order chi connectivity index (χ0) is 25.5. The van der Waals surface area contributed by atoms with Crippen LogP contribution in [0.4, 0.5) is 30.5 Å². The quantitative estimate of drug-likeness (QED) is 0.458. The van der Waals surface area contributed by atoms with E-state index in [1.807, 2.05) is 20.2 Å². The molecule has 1 saturated heterocycles. The molecule has 0 spiro atoms. The van der Waals surface area contributed by atoms with Crippen molar-refractivity contribution in [2.45, 2.75) is 23.5 Å². The van der Waals surface area contributed by atoms with Crippen LogP contribution in [0.25, 0.3) is 10.6 Å². The van der Waals surface area contributed by atoms with Crippen molar-refractivity contribution in [3.8, 4) is 10.6 Å². The topological polar surface area (TPSA) is 78.4 Å². The first-order valence-electron chi connectivity index (χ1n) is 10.5. The number of likely N-dealkylation sites (N-methyl/N-ethyl adjacent to an activating group) is 1. The molecule has 3 heterocycles. The van der Waals surface area contributed by atoms with Gasteiger partial charge in [0, 0.05) is 42.7 Å². The molecule has 0 radical (unpaired) electrons. The van der Waals surface area contributed by atoms with Crippen molar-refractivity contribution >= 4 is 50.1 Å². The zero-order valence-electron chi connectivity index (χ0n) is 19.1. The van der Waals surface area contributed by atoms with Gasteiger partial charge in [-0.15, -0.1) is 11.3 Å². The lowest BCUT2D eigenvalue weighted by atomic mass is 10.2. The highest BCUT2D eigenvalue weighted by molar-refractivity contribution is 7.90. The predicted octanol–water partition coefficient (Wildman–Crippen LogP) is 5.16. The average Bonchev–Trinajstić information content (AvgIpc) is 3.44. The third kappa shape index (κ3) is 5.71. The molecule has 1 aliphatic heterocycles. The molecule has 1 fully saturated rings. The monoisotopic (exact) mass is 545 g/mol. The van der Waals surface area contributed by atoms with Gasteiger partial charge in [0.05, 0.1) is 26.2 Å². The Morgan fingerprint density at radius 1 is 1.26 bits per heavy atom. The van der Waals surface area contributed by atoms with Crippen LogP contribution in [-0.2, 0) is 16.0 Å². The van der Waals surface area contributed by atoms with E-state index < -0.39 is 27.3 Å². The van der Waals surface area contributed by atoms with E-state index in [4.69, 9.17) is 11.6 Å². The van der Waals surface area contributed by atoms with Gasteiger partial charge in [-0.2, -0.15) is 13.2 Å². The Balaban J connectivity index is 1.63. The van der Waals surface area contributed by atoms with E-state index in [9.17, 15) is 21.6 Å². The molecule has 3 aromatic rings. The van der Waals surface area contributed by atoms with Crippen molar-refractivity contribution in [1.82, 2.24) is 14.9 Å². The summed E-state index contributed by atoms with van der Waals surface area (Å²) < 4.78 is 64.5. The van der Waals surface area contributed by atoms with Gasteiger partial charge < -0.3 is 15.1 Å². The van der Waals surface area contributed by atoms with Gasteiger partial charge in [0.15, 0.2) is 9.84 Å². The van der Waals surface area contributed by atoms with Crippen LogP contribution in [0.3, 0.4) is 0 Å². The summed E-state index contributed by atoms with van der Waals surface area (Å²) in [6, 6.07) is 7.04. The van der Waals surface area contributed by atoms with Gasteiger partial charge in [0.1, 0.15) is 5.56 Å². The molecule has 13 heteroatoms. The van der Waals surface area contributed by atoms with Crippen molar-refractivity contribution in [3.63, 3.8) is 0 Å². The summed E-state index contributed by atoms with van der Waals surface area (Å²) in [5.74, 6) is -0.0919. The Labute approximate surface area is 210 Å². The SMILES string of the molecule is CN(C)[C@@H]1CCN(c2ccc(Nc3ncc(C(F)(F)F)c(-c4cc(S(C)(=O)=O)cs4)n3)c(Cl)c2)C1. The highest BCUT2D eigenvalue weighted by Crippen LogP contribution is 2.39. The Morgan fingerprint density at radius 2 is 2.00 bits per heavy atom. The molecule has 0 saturated carbocycles. The first-order chi connectivity index (χ1) is 16.3. The molecule has 7 nitrogen and oxygen atoms in total. The van der Waals surface area contributed by atoms with Crippen LogP contribution in [0, 0.1) is 0 Å². The summed E-state index contributed by atoms with van der Waals surface area (Å²) in [5.41, 5.74) is -0.0800. The van der Waals surface area contributed by atoms with E-state index in [2.05, 4.69) is 25.1 Å². The molecule has 188 valence electrons. The van der Waals surface area contributed by atoms with Gasteiger partial charge in [-0.25, -0.2) is 18.4 Å². The minimum atomic E-state index is -4.72. The normalized spacial score (nSPS) is 16.8. The molecule has 2 aromatic heterocycles. The maximum Gasteiger partial charge on any atom is 0.420 e. The number of sulfone groups is 1. The molecular weight excluding hydrogens is 523 g/mol. The van der Waals surface area contributed by atoms with Gasteiger partial charge >= 0.3 is 6.18 Å². The van der Waals surface area contributed by atoms with Crippen LogP contribution in [-0.4, -0.2) is 62.8 Å². The number of aromatic nitrogens is 2. The number of hydrogen-bond acceptors (Lipinski definition) is 8. The third-order valence-electron chi connectivity index (χ3n) is 5.79. The summed E-state index contributed by atoms with van der Waals surface area (Å²) in [6.45, 7) is 1.77. The van der Waals surface area contributed by atoms with Crippen molar-refractivity contribution in [1.29, 1.82) is 0 Å². The van der Waals surface area contributed by atoms with Gasteiger partial charge in [-0.1, -0.05) is 11.6 Å². The predicted molar refractivity (Wildman–Crippen MR) is 132 cm³/mol. The summed E-state index contributed by atoms with van der Waals surface area (Å²) in [7, 11) is 0.516. The zero-order valence-corrected chi connectivity index (χ0v) is 21.5. The lowest BCUT2D eigenvalue weighted by molar-refractivity contribution is -0.137. The van der Waals surface area contributed by atoms with E-state index >= 15 is 0 Å². The number of benzene rings is 1. The smallest absolute Gasteiger partial charge is 0.370 e. The number of nitrogens with one attached hydrogen (secondary N) is 1. The van der Waals surface area contributed by atoms with Crippen molar-refractivity contribution in [2.24, 2.45) is 0 Å². The van der Waals surface area contributed by atoms with Gasteiger partial charge in [-0.3, -0.25) is 0 Å². The van der Waals surface area contributed by atoms with Crippen molar-refractivity contribution in [3.05, 3.63) is 46.4 Å². The number of rotatable bonds is 6. The fraction of sp³-hybridized carbons (Fsp3) is 0.364. The fourth-order valence-electron chi connectivity index (χ4n) is 3.80. The highest BCUT2D eigenvalue weighted by atomic mass is 35.5. The lowest BCUT2D eigenvalue weighted by Crippen LogP contribution is -2.31. The summed E-state index contributed by atoms with van der Waals surface area (Å²) in [4.78, 5) is 12.3. The van der Waals surface area contributed by atoms with E-state index in [-0.39, 0.29) is 15.7 Å². The second kappa shape index (κ2) is 9.57. The molecule has 1 atom stereocenters. The largest absolute Gasteiger partial charge is 0.420 e. The summed E-state index contributed by atoms with van der Waals surface area (Å²) >= 11 is 7.33. The molecule has 0 amide bonds. The van der Waals surface area contributed by atoms with E-state index in [0.29, 0.717) is 22.9 Å². The van der Waals surface area contributed by atoms with Crippen LogP contribution >= 0.6 is 22.9 Å². The molecule has 4 rings (SSSR count). The number of hydrogen-bond donors (Lipinski definition) is 1. The molecule has 0 aliphatic carbocycles. The molecule has 1 aliphatic rings. The Hall–Kier alpha value is -2.41. The number of thiophene rings is 1. The molecule has 35 heavy (non-hydrogen) atoms. The van der Waals surface area contributed by atoms with Gasteiger partial charge in [-0.05, 0) is 44.8 Å². The van der Waals surface area contributed by atoms with Crippen LogP contribution in [0.5, 0.6) is 0 Å². The van der Waals surface area contributed by atoms with Crippen molar-refractivity contribution < 1.29 is 21.6 Å². The first-order valence-corrected chi connectivity index (χ1v) is 13.7. The van der Waals surface area contributed by atoms with Crippen LogP contribution < -0.4 is 10.2 Å². The third-order valence-corrected chi connectivity index (χ3v) is 8.28. The molecular formula is C22H23ClF3N5O2S2. The van der Waals surface area contributed by atoms with E-state index in [1.165, 1.54) is 11.4 Å². The second-order valence-electron chi connectivity index (χ2n) is 8.51. The minimum Gasteiger partial charge on any atom is -0.370 e. The standard InChI is InChI=1S/C22H23ClF3N5O2S2/c1-30(2)14-6-7-31(11-14)13-4-5-18(17(23)8-13)28-21-27-10-16(22(24,25)26)20(29-21)19-9-15(12-34-19)35(3,32)33/h4-5,8-10,12,14H,6-7,11H2,1-3H3,(H,27,28,29)/t14-/m1/s1. The summed E-state index contributed by atoms with van der Waals surface area (Å²) in [5, 5.41) is 4.54. The number of anilines is 3. The van der Waals surface area contributed by atoms with Crippen molar-refractivity contribution in [2.75, 3.05) is 43.7 Å². The molecule has 0 bridgehead atoms. The van der Waals surface area contributed by atoms with Crippen LogP contribution in [0.1, 0.15) is 12.0 Å². The first kappa shape index (κ1) is 25.7. The molecule has 1 aromatic carbocycles. The Morgan fingerprint density at radius 3 is 2.57 bits per heavy atom. The minimum absolute atomic E-state index is 0.0640. The Kier molecular flexibility index (Phi) is 7.02. The number of alkyl halides is 3. The Bertz CT molecular complexity index is 1350. The summed E-state index contributed by atoms with van der Waals surface area (Å²) in [6.07, 6.45) is -2.01. The lowest BCUT2D eigenvalue weighted by Gasteiger charge is -2.22.